The first kappa shape index (κ1) is 19.0. The molecular formula is C17H14BrN3O6S. The van der Waals surface area contributed by atoms with E-state index in [9.17, 15) is 25.2 Å². The number of carbonyl (C=O) groups is 1. The summed E-state index contributed by atoms with van der Waals surface area (Å²) in [7, 11) is 0. The van der Waals surface area contributed by atoms with E-state index in [1.54, 1.807) is 12.1 Å². The number of fused-ring (bicyclic) bond motifs is 1. The summed E-state index contributed by atoms with van der Waals surface area (Å²) in [5.74, 6) is -2.44. The largest absolute Gasteiger partial charge is 0.504 e. The van der Waals surface area contributed by atoms with Gasteiger partial charge in [0.05, 0.1) is 0 Å². The van der Waals surface area contributed by atoms with Gasteiger partial charge >= 0.3 is 11.1 Å². The fraction of sp³-hybridized carbons (Fsp3) is 0.235. The van der Waals surface area contributed by atoms with Crippen molar-refractivity contribution in [3.8, 4) is 17.2 Å². The molecule has 0 amide bonds. The number of hydrogen-bond donors (Lipinski definition) is 5. The zero-order valence-electron chi connectivity index (χ0n) is 14.1. The molecule has 0 aliphatic heterocycles. The van der Waals surface area contributed by atoms with Crippen molar-refractivity contribution in [2.45, 2.75) is 29.0 Å². The lowest BCUT2D eigenvalue weighted by Gasteiger charge is -2.19. The minimum atomic E-state index is -3.16. The topological polar surface area (TPSA) is 149 Å². The van der Waals surface area contributed by atoms with Crippen LogP contribution in [0.2, 0.25) is 0 Å². The highest BCUT2D eigenvalue weighted by Crippen LogP contribution is 2.53. The molecule has 2 aromatic carbocycles. The van der Waals surface area contributed by atoms with E-state index in [-0.39, 0.29) is 39.0 Å². The Kier molecular flexibility index (Phi) is 4.49. The SMILES string of the molecule is O=C(O)C(O)(O)Sc1nnc(Br)n1-c1c(O)c(O)c(C2CC2)c2ccccc12. The van der Waals surface area contributed by atoms with Gasteiger partial charge in [-0.2, -0.15) is 0 Å². The molecule has 1 fully saturated rings. The van der Waals surface area contributed by atoms with Gasteiger partial charge in [0.1, 0.15) is 5.69 Å². The second kappa shape index (κ2) is 6.62. The second-order valence-electron chi connectivity index (χ2n) is 6.38. The summed E-state index contributed by atoms with van der Waals surface area (Å²) >= 11 is 3.30. The number of phenols is 2. The quantitative estimate of drug-likeness (QED) is 0.216. The molecule has 4 rings (SSSR count). The number of phenolic OH excluding ortho intramolecular Hbond substituents is 2. The van der Waals surface area contributed by atoms with Crippen molar-refractivity contribution >= 4 is 44.4 Å². The summed E-state index contributed by atoms with van der Waals surface area (Å²) in [6.07, 6.45) is 1.81. The van der Waals surface area contributed by atoms with Crippen LogP contribution in [-0.2, 0) is 4.79 Å². The van der Waals surface area contributed by atoms with Crippen LogP contribution in [0.15, 0.2) is 34.2 Å². The van der Waals surface area contributed by atoms with Gasteiger partial charge < -0.3 is 25.5 Å². The minimum Gasteiger partial charge on any atom is -0.504 e. The fourth-order valence-electron chi connectivity index (χ4n) is 3.11. The van der Waals surface area contributed by atoms with Gasteiger partial charge in [-0.05, 0) is 51.8 Å². The molecule has 0 spiro atoms. The third-order valence-corrected chi connectivity index (χ3v) is 5.91. The van der Waals surface area contributed by atoms with Crippen molar-refractivity contribution in [1.82, 2.24) is 14.8 Å². The van der Waals surface area contributed by atoms with E-state index < -0.39 is 16.8 Å². The number of aliphatic carboxylic acids is 1. The van der Waals surface area contributed by atoms with Gasteiger partial charge in [0, 0.05) is 10.9 Å². The average Bonchev–Trinajstić information content (AvgIpc) is 3.41. The van der Waals surface area contributed by atoms with E-state index in [0.717, 1.165) is 18.2 Å². The molecule has 9 nitrogen and oxygen atoms in total. The van der Waals surface area contributed by atoms with Crippen molar-refractivity contribution in [1.29, 1.82) is 0 Å². The smallest absolute Gasteiger partial charge is 0.376 e. The second-order valence-corrected chi connectivity index (χ2v) is 8.23. The summed E-state index contributed by atoms with van der Waals surface area (Å²) in [6, 6.07) is 7.11. The molecule has 1 aliphatic carbocycles. The first-order chi connectivity index (χ1) is 13.2. The Hall–Kier alpha value is -2.34. The Morgan fingerprint density at radius 3 is 2.39 bits per heavy atom. The van der Waals surface area contributed by atoms with Crippen molar-refractivity contribution in [3.05, 3.63) is 34.6 Å². The molecule has 0 atom stereocenters. The van der Waals surface area contributed by atoms with E-state index in [1.165, 1.54) is 4.57 Å². The molecule has 1 saturated carbocycles. The van der Waals surface area contributed by atoms with E-state index in [0.29, 0.717) is 10.9 Å². The molecule has 1 heterocycles. The Morgan fingerprint density at radius 2 is 1.79 bits per heavy atom. The third-order valence-electron chi connectivity index (χ3n) is 4.49. The van der Waals surface area contributed by atoms with Crippen LogP contribution in [0.5, 0.6) is 11.5 Å². The van der Waals surface area contributed by atoms with Gasteiger partial charge in [0.25, 0.3) is 0 Å². The van der Waals surface area contributed by atoms with Crippen molar-refractivity contribution in [3.63, 3.8) is 0 Å². The van der Waals surface area contributed by atoms with Crippen LogP contribution < -0.4 is 0 Å². The maximum absolute atomic E-state index is 11.1. The maximum Gasteiger partial charge on any atom is 0.376 e. The first-order valence-electron chi connectivity index (χ1n) is 8.17. The monoisotopic (exact) mass is 467 g/mol. The number of carboxylic acid groups (broad SMARTS) is 1. The molecule has 5 N–H and O–H groups in total. The van der Waals surface area contributed by atoms with Crippen molar-refractivity contribution in [2.75, 3.05) is 0 Å². The molecule has 0 bridgehead atoms. The number of hydrogen-bond acceptors (Lipinski definition) is 8. The predicted molar refractivity (Wildman–Crippen MR) is 103 cm³/mol. The summed E-state index contributed by atoms with van der Waals surface area (Å²) in [4.78, 5) is 11.1. The normalized spacial score (nSPS) is 14.5. The molecule has 3 aromatic rings. The van der Waals surface area contributed by atoms with Crippen LogP contribution in [0.3, 0.4) is 0 Å². The van der Waals surface area contributed by atoms with Crippen LogP contribution in [0.1, 0.15) is 24.3 Å². The Balaban J connectivity index is 1.99. The van der Waals surface area contributed by atoms with E-state index in [4.69, 9.17) is 5.11 Å². The Labute approximate surface area is 170 Å². The molecule has 11 heteroatoms. The zero-order valence-corrected chi connectivity index (χ0v) is 16.5. The number of aromatic nitrogens is 3. The first-order valence-corrected chi connectivity index (χ1v) is 9.78. The molecule has 1 aliphatic rings. The minimum absolute atomic E-state index is 0.0789. The van der Waals surface area contributed by atoms with E-state index >= 15 is 0 Å². The number of aliphatic hydroxyl groups is 2. The number of benzene rings is 2. The predicted octanol–water partition coefficient (Wildman–Crippen LogP) is 2.29. The number of carboxylic acids is 1. The molecule has 28 heavy (non-hydrogen) atoms. The van der Waals surface area contributed by atoms with Crippen LogP contribution >= 0.6 is 27.7 Å². The van der Waals surface area contributed by atoms with Gasteiger partial charge in [0.15, 0.2) is 11.5 Å². The number of thioether (sulfide) groups is 1. The highest BCUT2D eigenvalue weighted by atomic mass is 79.9. The van der Waals surface area contributed by atoms with Crippen LogP contribution in [-0.4, -0.2) is 51.4 Å². The Bertz CT molecular complexity index is 1110. The number of aromatic hydroxyl groups is 2. The Morgan fingerprint density at radius 1 is 1.14 bits per heavy atom. The number of rotatable bonds is 5. The maximum atomic E-state index is 11.1. The summed E-state index contributed by atoms with van der Waals surface area (Å²) in [6.45, 7) is 0. The molecular weight excluding hydrogens is 454 g/mol. The van der Waals surface area contributed by atoms with Gasteiger partial charge in [-0.25, -0.2) is 4.79 Å². The summed E-state index contributed by atoms with van der Waals surface area (Å²) in [5.41, 5.74) is 0.748. The standard InChI is InChI=1S/C17H14BrN3O6S/c18-15-19-20-16(28-17(26,27)14(24)25)21(15)11-9-4-2-1-3-8(9)10(7-5-6-7)12(22)13(11)23/h1-4,7,22-23,26-27H,5-6H2,(H,24,25). The lowest BCUT2D eigenvalue weighted by Crippen LogP contribution is -2.34. The molecule has 146 valence electrons. The molecule has 0 radical (unpaired) electrons. The van der Waals surface area contributed by atoms with Gasteiger partial charge in [-0.1, -0.05) is 24.3 Å². The van der Waals surface area contributed by atoms with Gasteiger partial charge in [-0.3, -0.25) is 4.57 Å². The van der Waals surface area contributed by atoms with E-state index in [1.807, 2.05) is 12.1 Å². The van der Waals surface area contributed by atoms with Crippen molar-refractivity contribution < 1.29 is 30.3 Å². The average molecular weight is 468 g/mol. The summed E-state index contributed by atoms with van der Waals surface area (Å²) < 4.78 is 1.29. The van der Waals surface area contributed by atoms with Gasteiger partial charge in [-0.15, -0.1) is 10.2 Å². The van der Waals surface area contributed by atoms with Crippen LogP contribution in [0, 0.1) is 0 Å². The van der Waals surface area contributed by atoms with Crippen LogP contribution in [0.4, 0.5) is 0 Å². The number of nitrogens with zero attached hydrogens (tertiary/aromatic N) is 3. The van der Waals surface area contributed by atoms with Gasteiger partial charge in [0.2, 0.25) is 9.89 Å². The number of halogens is 1. The van der Waals surface area contributed by atoms with E-state index in [2.05, 4.69) is 26.1 Å². The fourth-order valence-corrected chi connectivity index (χ4v) is 4.34. The van der Waals surface area contributed by atoms with Crippen LogP contribution in [0.25, 0.3) is 16.5 Å². The zero-order chi connectivity index (χ0) is 20.2. The van der Waals surface area contributed by atoms with Crippen molar-refractivity contribution in [2.24, 2.45) is 0 Å². The lowest BCUT2D eigenvalue weighted by atomic mass is 9.97. The highest BCUT2D eigenvalue weighted by Gasteiger charge is 2.38. The molecule has 0 unspecified atom stereocenters. The lowest BCUT2D eigenvalue weighted by molar-refractivity contribution is -0.174. The molecule has 1 aromatic heterocycles. The molecule has 0 saturated heterocycles. The third kappa shape index (κ3) is 3.00. The summed E-state index contributed by atoms with van der Waals surface area (Å²) in [5, 5.41) is 55.3. The highest BCUT2D eigenvalue weighted by molar-refractivity contribution is 9.10.